The van der Waals surface area contributed by atoms with Crippen molar-refractivity contribution in [3.8, 4) is 0 Å². The third-order valence-corrected chi connectivity index (χ3v) is 3.64. The molecule has 2 amide bonds. The van der Waals surface area contributed by atoms with Crippen LogP contribution in [0.3, 0.4) is 0 Å². The van der Waals surface area contributed by atoms with Crippen LogP contribution in [0, 0.1) is 5.92 Å². The summed E-state index contributed by atoms with van der Waals surface area (Å²) in [6.07, 6.45) is 1.57. The Morgan fingerprint density at radius 2 is 2.05 bits per heavy atom. The molecule has 2 atom stereocenters. The van der Waals surface area contributed by atoms with Gasteiger partial charge >= 0.3 is 0 Å². The Balaban J connectivity index is 2.03. The van der Waals surface area contributed by atoms with Gasteiger partial charge in [-0.1, -0.05) is 32.0 Å². The molecule has 2 rings (SSSR count). The van der Waals surface area contributed by atoms with Crippen molar-refractivity contribution in [2.75, 3.05) is 5.32 Å². The van der Waals surface area contributed by atoms with Crippen LogP contribution in [0.15, 0.2) is 24.3 Å². The van der Waals surface area contributed by atoms with Crippen molar-refractivity contribution in [2.24, 2.45) is 11.7 Å². The highest BCUT2D eigenvalue weighted by atomic mass is 16.2. The number of hydrogen-bond acceptors (Lipinski definition) is 3. The largest absolute Gasteiger partial charge is 0.373 e. The summed E-state index contributed by atoms with van der Waals surface area (Å²) in [5.74, 6) is -0.686. The number of rotatable bonds is 4. The fraction of sp³-hybridized carbons (Fsp3) is 0.467. The molecule has 0 aromatic heterocycles. The van der Waals surface area contributed by atoms with Gasteiger partial charge in [-0.05, 0) is 30.4 Å². The lowest BCUT2D eigenvalue weighted by Crippen LogP contribution is -2.52. The molecule has 0 fully saturated rings. The van der Waals surface area contributed by atoms with E-state index >= 15 is 0 Å². The molecule has 20 heavy (non-hydrogen) atoms. The van der Waals surface area contributed by atoms with Crippen LogP contribution in [0.4, 0.5) is 5.69 Å². The molecule has 108 valence electrons. The minimum atomic E-state index is -0.624. The molecule has 1 heterocycles. The van der Waals surface area contributed by atoms with Crippen LogP contribution in [-0.4, -0.2) is 23.9 Å². The summed E-state index contributed by atoms with van der Waals surface area (Å²) in [6.45, 7) is 3.72. The second kappa shape index (κ2) is 5.94. The van der Waals surface area contributed by atoms with E-state index in [0.717, 1.165) is 12.1 Å². The number of primary amides is 1. The van der Waals surface area contributed by atoms with Gasteiger partial charge in [0.2, 0.25) is 11.8 Å². The molecule has 4 N–H and O–H groups in total. The number of carbonyl (C=O) groups excluding carboxylic acids is 2. The number of nitrogens with two attached hydrogens (primary N) is 1. The van der Waals surface area contributed by atoms with E-state index in [1.807, 2.05) is 32.0 Å². The van der Waals surface area contributed by atoms with Gasteiger partial charge in [0.15, 0.2) is 0 Å². The first-order chi connectivity index (χ1) is 9.49. The van der Waals surface area contributed by atoms with Gasteiger partial charge in [0, 0.05) is 5.69 Å². The number of nitrogens with one attached hydrogen (secondary N) is 2. The SMILES string of the molecule is CC(C)C(NC(=O)C1CCc2ccccc2N1)C(N)=O. The molecule has 0 radical (unpaired) electrons. The first kappa shape index (κ1) is 14.4. The Bertz CT molecular complexity index is 514. The summed E-state index contributed by atoms with van der Waals surface area (Å²) in [4.78, 5) is 23.6. The van der Waals surface area contributed by atoms with Crippen molar-refractivity contribution in [3.05, 3.63) is 29.8 Å². The molecule has 0 aliphatic carbocycles. The van der Waals surface area contributed by atoms with Crippen molar-refractivity contribution in [1.29, 1.82) is 0 Å². The van der Waals surface area contributed by atoms with Crippen molar-refractivity contribution in [3.63, 3.8) is 0 Å². The molecule has 0 spiro atoms. The van der Waals surface area contributed by atoms with Gasteiger partial charge in [-0.25, -0.2) is 0 Å². The Morgan fingerprint density at radius 3 is 2.70 bits per heavy atom. The topological polar surface area (TPSA) is 84.2 Å². The van der Waals surface area contributed by atoms with Gasteiger partial charge in [-0.2, -0.15) is 0 Å². The number of para-hydroxylation sites is 1. The monoisotopic (exact) mass is 275 g/mol. The molecule has 1 aromatic carbocycles. The number of anilines is 1. The lowest BCUT2D eigenvalue weighted by Gasteiger charge is -2.28. The van der Waals surface area contributed by atoms with Crippen LogP contribution >= 0.6 is 0 Å². The zero-order valence-electron chi connectivity index (χ0n) is 11.8. The van der Waals surface area contributed by atoms with Gasteiger partial charge < -0.3 is 16.4 Å². The van der Waals surface area contributed by atoms with Crippen LogP contribution in [0.1, 0.15) is 25.8 Å². The minimum absolute atomic E-state index is 0.0210. The second-order valence-electron chi connectivity index (χ2n) is 5.53. The Labute approximate surface area is 118 Å². The minimum Gasteiger partial charge on any atom is -0.373 e. The first-order valence-corrected chi connectivity index (χ1v) is 6.93. The third-order valence-electron chi connectivity index (χ3n) is 3.64. The van der Waals surface area contributed by atoms with Crippen LogP contribution in [0.2, 0.25) is 0 Å². The number of hydrogen-bond donors (Lipinski definition) is 3. The summed E-state index contributed by atoms with van der Waals surface area (Å²) in [5.41, 5.74) is 7.52. The number of amides is 2. The van der Waals surface area contributed by atoms with Gasteiger partial charge in [-0.15, -0.1) is 0 Å². The van der Waals surface area contributed by atoms with Gasteiger partial charge in [-0.3, -0.25) is 9.59 Å². The average molecular weight is 275 g/mol. The van der Waals surface area contributed by atoms with E-state index in [-0.39, 0.29) is 17.9 Å². The maximum absolute atomic E-state index is 12.2. The quantitative estimate of drug-likeness (QED) is 0.767. The molecule has 1 aliphatic heterocycles. The smallest absolute Gasteiger partial charge is 0.243 e. The Morgan fingerprint density at radius 1 is 1.35 bits per heavy atom. The first-order valence-electron chi connectivity index (χ1n) is 6.93. The van der Waals surface area contributed by atoms with E-state index in [2.05, 4.69) is 16.7 Å². The predicted molar refractivity (Wildman–Crippen MR) is 78.1 cm³/mol. The summed E-state index contributed by atoms with van der Waals surface area (Å²) in [7, 11) is 0. The van der Waals surface area contributed by atoms with E-state index in [4.69, 9.17) is 5.73 Å². The van der Waals surface area contributed by atoms with E-state index < -0.39 is 11.9 Å². The molecule has 0 saturated heterocycles. The van der Waals surface area contributed by atoms with Gasteiger partial charge in [0.25, 0.3) is 0 Å². The summed E-state index contributed by atoms with van der Waals surface area (Å²) in [6, 6.07) is 7.00. The Kier molecular flexibility index (Phi) is 4.27. The normalized spacial score (nSPS) is 18.9. The molecule has 1 aromatic rings. The standard InChI is InChI=1S/C15H21N3O2/c1-9(2)13(14(16)19)18-15(20)12-8-7-10-5-3-4-6-11(10)17-12/h3-6,9,12-13,17H,7-8H2,1-2H3,(H2,16,19)(H,18,20). The zero-order chi connectivity index (χ0) is 14.7. The number of fused-ring (bicyclic) bond motifs is 1. The number of benzene rings is 1. The fourth-order valence-corrected chi connectivity index (χ4v) is 2.46. The van der Waals surface area contributed by atoms with Gasteiger partial charge in [0.1, 0.15) is 12.1 Å². The maximum Gasteiger partial charge on any atom is 0.243 e. The third kappa shape index (κ3) is 3.10. The molecule has 5 heteroatoms. The highest BCUT2D eigenvalue weighted by molar-refractivity contribution is 5.91. The molecule has 0 bridgehead atoms. The van der Waals surface area contributed by atoms with Crippen molar-refractivity contribution < 1.29 is 9.59 Å². The van der Waals surface area contributed by atoms with Crippen molar-refractivity contribution in [1.82, 2.24) is 5.32 Å². The molecule has 2 unspecified atom stereocenters. The number of carbonyl (C=O) groups is 2. The second-order valence-corrected chi connectivity index (χ2v) is 5.53. The van der Waals surface area contributed by atoms with Crippen LogP contribution < -0.4 is 16.4 Å². The van der Waals surface area contributed by atoms with Crippen LogP contribution in [0.5, 0.6) is 0 Å². The van der Waals surface area contributed by atoms with Crippen molar-refractivity contribution in [2.45, 2.75) is 38.8 Å². The van der Waals surface area contributed by atoms with Crippen LogP contribution in [0.25, 0.3) is 0 Å². The molecular weight excluding hydrogens is 254 g/mol. The van der Waals surface area contributed by atoms with Crippen LogP contribution in [-0.2, 0) is 16.0 Å². The Hall–Kier alpha value is -2.04. The van der Waals surface area contributed by atoms with E-state index in [0.29, 0.717) is 6.42 Å². The highest BCUT2D eigenvalue weighted by Gasteiger charge is 2.28. The fourth-order valence-electron chi connectivity index (χ4n) is 2.46. The summed E-state index contributed by atoms with van der Waals surface area (Å²) in [5, 5.41) is 5.96. The molecule has 1 aliphatic rings. The lowest BCUT2D eigenvalue weighted by atomic mass is 9.96. The highest BCUT2D eigenvalue weighted by Crippen LogP contribution is 2.24. The molecule has 0 saturated carbocycles. The molecular formula is C15H21N3O2. The lowest BCUT2D eigenvalue weighted by molar-refractivity contribution is -0.128. The summed E-state index contributed by atoms with van der Waals surface area (Å²) < 4.78 is 0. The predicted octanol–water partition coefficient (Wildman–Crippen LogP) is 1.04. The summed E-state index contributed by atoms with van der Waals surface area (Å²) >= 11 is 0. The van der Waals surface area contributed by atoms with E-state index in [1.165, 1.54) is 5.56 Å². The van der Waals surface area contributed by atoms with Crippen molar-refractivity contribution >= 4 is 17.5 Å². The maximum atomic E-state index is 12.2. The number of aryl methyl sites for hydroxylation is 1. The van der Waals surface area contributed by atoms with Gasteiger partial charge in [0.05, 0.1) is 0 Å². The zero-order valence-corrected chi connectivity index (χ0v) is 11.8. The van der Waals surface area contributed by atoms with E-state index in [9.17, 15) is 9.59 Å². The van der Waals surface area contributed by atoms with E-state index in [1.54, 1.807) is 0 Å². The average Bonchev–Trinajstić information content (AvgIpc) is 2.43. The molecule has 5 nitrogen and oxygen atoms in total.